The summed E-state index contributed by atoms with van der Waals surface area (Å²) in [6, 6.07) is 0.234. The average molecular weight is 321 g/mol. The topological polar surface area (TPSA) is 70.5 Å². The highest BCUT2D eigenvalue weighted by molar-refractivity contribution is 5.95. The van der Waals surface area contributed by atoms with Crippen LogP contribution in [0.25, 0.3) is 0 Å². The molecule has 7 heteroatoms. The molecule has 0 spiro atoms. The van der Waals surface area contributed by atoms with Gasteiger partial charge in [-0.15, -0.1) is 0 Å². The molecule has 1 N–H and O–H groups in total. The van der Waals surface area contributed by atoms with Gasteiger partial charge in [-0.05, 0) is 33.9 Å². The zero-order valence-electron chi connectivity index (χ0n) is 14.5. The molecule has 2 amide bonds. The number of amides is 2. The van der Waals surface area contributed by atoms with E-state index in [9.17, 15) is 9.59 Å². The molecule has 0 bridgehead atoms. The van der Waals surface area contributed by atoms with Crippen molar-refractivity contribution >= 4 is 11.8 Å². The van der Waals surface area contributed by atoms with Crippen LogP contribution in [0.15, 0.2) is 6.20 Å². The Morgan fingerprint density at radius 3 is 2.83 bits per heavy atom. The monoisotopic (exact) mass is 321 g/mol. The van der Waals surface area contributed by atoms with E-state index >= 15 is 0 Å². The lowest BCUT2D eigenvalue weighted by molar-refractivity contribution is -0.129. The minimum Gasteiger partial charge on any atom is -0.352 e. The Morgan fingerprint density at radius 1 is 1.48 bits per heavy atom. The summed E-state index contributed by atoms with van der Waals surface area (Å²) in [5.74, 6) is 0.131. The van der Waals surface area contributed by atoms with E-state index in [0.29, 0.717) is 18.5 Å². The maximum atomic E-state index is 12.2. The first-order valence-corrected chi connectivity index (χ1v) is 8.11. The summed E-state index contributed by atoms with van der Waals surface area (Å²) in [6.45, 7) is 4.07. The zero-order chi connectivity index (χ0) is 17.0. The molecular weight excluding hydrogens is 294 g/mol. The molecule has 2 heterocycles. The Bertz CT molecular complexity index is 567. The van der Waals surface area contributed by atoms with Crippen LogP contribution in [0.2, 0.25) is 0 Å². The molecule has 1 aliphatic rings. The van der Waals surface area contributed by atoms with Crippen LogP contribution in [0, 0.1) is 6.92 Å². The lowest BCUT2D eigenvalue weighted by atomic mass is 10.1. The van der Waals surface area contributed by atoms with Crippen LogP contribution >= 0.6 is 0 Å². The second kappa shape index (κ2) is 7.59. The molecule has 1 atom stereocenters. The number of likely N-dealkylation sites (tertiary alicyclic amines) is 1. The van der Waals surface area contributed by atoms with Crippen molar-refractivity contribution in [3.8, 4) is 0 Å². The second-order valence-electron chi connectivity index (χ2n) is 6.39. The smallest absolute Gasteiger partial charge is 0.254 e. The fraction of sp³-hybridized carbons (Fsp3) is 0.688. The number of rotatable bonds is 7. The molecule has 1 saturated heterocycles. The highest BCUT2D eigenvalue weighted by Gasteiger charge is 2.30. The van der Waals surface area contributed by atoms with E-state index in [2.05, 4.69) is 15.3 Å². The van der Waals surface area contributed by atoms with Gasteiger partial charge in [-0.1, -0.05) is 0 Å². The minimum absolute atomic E-state index is 0.0974. The van der Waals surface area contributed by atoms with Crippen LogP contribution in [0.3, 0.4) is 0 Å². The van der Waals surface area contributed by atoms with Crippen LogP contribution < -0.4 is 5.32 Å². The molecule has 1 aliphatic heterocycles. The summed E-state index contributed by atoms with van der Waals surface area (Å²) in [7, 11) is 5.83. The molecule has 0 radical (unpaired) electrons. The van der Waals surface area contributed by atoms with E-state index in [0.717, 1.165) is 31.6 Å². The fourth-order valence-corrected chi connectivity index (χ4v) is 2.88. The van der Waals surface area contributed by atoms with E-state index in [-0.39, 0.29) is 17.9 Å². The Labute approximate surface area is 137 Å². The van der Waals surface area contributed by atoms with Gasteiger partial charge < -0.3 is 15.1 Å². The van der Waals surface area contributed by atoms with E-state index in [1.807, 2.05) is 33.0 Å². The summed E-state index contributed by atoms with van der Waals surface area (Å²) in [5.41, 5.74) is 1.46. The number of nitrogens with zero attached hydrogens (tertiary/aromatic N) is 4. The van der Waals surface area contributed by atoms with Crippen LogP contribution in [0.1, 0.15) is 35.3 Å². The molecule has 128 valence electrons. The molecule has 1 aromatic heterocycles. The summed E-state index contributed by atoms with van der Waals surface area (Å²) in [6.07, 6.45) is 3.89. The van der Waals surface area contributed by atoms with Crippen molar-refractivity contribution in [2.75, 3.05) is 33.7 Å². The van der Waals surface area contributed by atoms with Crippen molar-refractivity contribution in [2.45, 2.75) is 32.2 Å². The summed E-state index contributed by atoms with van der Waals surface area (Å²) in [4.78, 5) is 28.2. The van der Waals surface area contributed by atoms with Crippen LogP contribution in [-0.4, -0.2) is 71.2 Å². The predicted octanol–water partition coefficient (Wildman–Crippen LogP) is 0.401. The highest BCUT2D eigenvalue weighted by Crippen LogP contribution is 2.20. The zero-order valence-corrected chi connectivity index (χ0v) is 14.5. The average Bonchev–Trinajstić information content (AvgIpc) is 3.01. The normalized spacial score (nSPS) is 18.0. The number of carbonyl (C=O) groups is 2. The maximum absolute atomic E-state index is 12.2. The first-order chi connectivity index (χ1) is 10.9. The standard InChI is InChI=1S/C16H27N5O2/c1-12-14(11-18-20(12)4)16(23)17-8-7-13-5-6-15(22)21(13)10-9-19(2)3/h11,13H,5-10H2,1-4H3,(H,17,23)/t13-/m1/s1. The number of nitrogens with one attached hydrogen (secondary N) is 1. The number of likely N-dealkylation sites (N-methyl/N-ethyl adjacent to an activating group) is 1. The van der Waals surface area contributed by atoms with E-state index in [1.54, 1.807) is 10.9 Å². The van der Waals surface area contributed by atoms with Gasteiger partial charge in [0.2, 0.25) is 5.91 Å². The number of hydrogen-bond donors (Lipinski definition) is 1. The molecule has 1 aromatic rings. The number of aryl methyl sites for hydroxylation is 1. The van der Waals surface area contributed by atoms with Crippen molar-refractivity contribution in [2.24, 2.45) is 7.05 Å². The third kappa shape index (κ3) is 4.31. The van der Waals surface area contributed by atoms with E-state index in [4.69, 9.17) is 0 Å². The molecule has 1 fully saturated rings. The highest BCUT2D eigenvalue weighted by atomic mass is 16.2. The van der Waals surface area contributed by atoms with Gasteiger partial charge in [-0.2, -0.15) is 5.10 Å². The van der Waals surface area contributed by atoms with E-state index in [1.165, 1.54) is 0 Å². The van der Waals surface area contributed by atoms with Gasteiger partial charge in [0.05, 0.1) is 11.8 Å². The summed E-state index contributed by atoms with van der Waals surface area (Å²) < 4.78 is 1.69. The van der Waals surface area contributed by atoms with Crippen molar-refractivity contribution in [3.05, 3.63) is 17.5 Å². The maximum Gasteiger partial charge on any atom is 0.254 e. The van der Waals surface area contributed by atoms with E-state index < -0.39 is 0 Å². The Kier molecular flexibility index (Phi) is 5.76. The van der Waals surface area contributed by atoms with Gasteiger partial charge in [0.15, 0.2) is 0 Å². The lowest BCUT2D eigenvalue weighted by Gasteiger charge is -2.26. The number of carbonyl (C=O) groups excluding carboxylic acids is 2. The predicted molar refractivity (Wildman–Crippen MR) is 88.2 cm³/mol. The van der Waals surface area contributed by atoms with Crippen LogP contribution in [0.4, 0.5) is 0 Å². The van der Waals surface area contributed by atoms with Crippen molar-refractivity contribution in [1.82, 2.24) is 24.9 Å². The molecule has 23 heavy (non-hydrogen) atoms. The molecule has 0 aromatic carbocycles. The number of aromatic nitrogens is 2. The lowest BCUT2D eigenvalue weighted by Crippen LogP contribution is -2.40. The fourth-order valence-electron chi connectivity index (χ4n) is 2.88. The largest absolute Gasteiger partial charge is 0.352 e. The SMILES string of the molecule is Cc1c(C(=O)NCC[C@H]2CCC(=O)N2CCN(C)C)cnn1C. The third-order valence-electron chi connectivity index (χ3n) is 4.48. The summed E-state index contributed by atoms with van der Waals surface area (Å²) >= 11 is 0. The Balaban J connectivity index is 1.81. The molecule has 7 nitrogen and oxygen atoms in total. The molecule has 0 aliphatic carbocycles. The van der Waals surface area contributed by atoms with Crippen LogP contribution in [-0.2, 0) is 11.8 Å². The second-order valence-corrected chi connectivity index (χ2v) is 6.39. The Morgan fingerprint density at radius 2 is 2.22 bits per heavy atom. The van der Waals surface area contributed by atoms with Gasteiger partial charge in [-0.3, -0.25) is 14.3 Å². The van der Waals surface area contributed by atoms with Crippen LogP contribution in [0.5, 0.6) is 0 Å². The van der Waals surface area contributed by atoms with Gasteiger partial charge in [0.1, 0.15) is 0 Å². The van der Waals surface area contributed by atoms with Gasteiger partial charge in [0, 0.05) is 44.8 Å². The van der Waals surface area contributed by atoms with Crippen molar-refractivity contribution < 1.29 is 9.59 Å². The number of hydrogen-bond acceptors (Lipinski definition) is 4. The molecule has 0 saturated carbocycles. The minimum atomic E-state index is -0.0974. The summed E-state index contributed by atoms with van der Waals surface area (Å²) in [5, 5.41) is 7.02. The first kappa shape index (κ1) is 17.5. The van der Waals surface area contributed by atoms with Crippen molar-refractivity contribution in [1.29, 1.82) is 0 Å². The molecule has 0 unspecified atom stereocenters. The van der Waals surface area contributed by atoms with Gasteiger partial charge in [0.25, 0.3) is 5.91 Å². The Hall–Kier alpha value is -1.89. The molecular formula is C16H27N5O2. The van der Waals surface area contributed by atoms with Crippen molar-refractivity contribution in [3.63, 3.8) is 0 Å². The third-order valence-corrected chi connectivity index (χ3v) is 4.48. The molecule has 2 rings (SSSR count). The first-order valence-electron chi connectivity index (χ1n) is 8.11. The van der Waals surface area contributed by atoms with Gasteiger partial charge >= 0.3 is 0 Å². The quantitative estimate of drug-likeness (QED) is 0.789. The van der Waals surface area contributed by atoms with Gasteiger partial charge in [-0.25, -0.2) is 0 Å².